The Bertz CT molecular complexity index is 1230. The summed E-state index contributed by atoms with van der Waals surface area (Å²) in [5, 5.41) is 3.76. The highest BCUT2D eigenvalue weighted by Crippen LogP contribution is 2.36. The number of halogens is 2. The molecule has 7 nitrogen and oxygen atoms in total. The van der Waals surface area contributed by atoms with E-state index in [4.69, 9.17) is 32.7 Å². The third-order valence-corrected chi connectivity index (χ3v) is 7.21. The number of carbonyl (C=O) groups is 1. The number of hydrogen-bond donors (Lipinski definition) is 1. The Morgan fingerprint density at radius 1 is 1.00 bits per heavy atom. The van der Waals surface area contributed by atoms with Gasteiger partial charge in [-0.15, -0.1) is 0 Å². The Kier molecular flexibility index (Phi) is 6.97. The molecule has 33 heavy (non-hydrogen) atoms. The van der Waals surface area contributed by atoms with E-state index in [2.05, 4.69) is 5.32 Å². The number of nitrogens with zero attached hydrogens (tertiary/aromatic N) is 1. The van der Waals surface area contributed by atoms with Crippen LogP contribution in [-0.2, 0) is 14.8 Å². The van der Waals surface area contributed by atoms with Crippen molar-refractivity contribution in [3.63, 3.8) is 0 Å². The van der Waals surface area contributed by atoms with Crippen molar-refractivity contribution in [2.24, 2.45) is 0 Å². The van der Waals surface area contributed by atoms with Gasteiger partial charge in [-0.3, -0.25) is 9.10 Å². The average molecular weight is 507 g/mol. The molecular formula is C23H20Cl2N2O5S. The number of anilines is 1. The number of amides is 1. The average Bonchev–Trinajstić information content (AvgIpc) is 2.82. The lowest BCUT2D eigenvalue weighted by Crippen LogP contribution is -2.51. The molecule has 1 N–H and O–H groups in total. The summed E-state index contributed by atoms with van der Waals surface area (Å²) in [4.78, 5) is 12.8. The van der Waals surface area contributed by atoms with E-state index >= 15 is 0 Å². The quantitative estimate of drug-likeness (QED) is 0.486. The summed E-state index contributed by atoms with van der Waals surface area (Å²) in [6.07, 6.45) is -1.03. The molecule has 0 saturated heterocycles. The number of benzene rings is 3. The van der Waals surface area contributed by atoms with Gasteiger partial charge in [-0.05, 0) is 60.7 Å². The first-order valence-corrected chi connectivity index (χ1v) is 12.2. The molecule has 3 aromatic rings. The third kappa shape index (κ3) is 5.35. The second kappa shape index (κ2) is 9.91. The Balaban J connectivity index is 1.46. The van der Waals surface area contributed by atoms with E-state index in [1.807, 2.05) is 0 Å². The molecule has 0 unspecified atom stereocenters. The fourth-order valence-corrected chi connectivity index (χ4v) is 5.02. The summed E-state index contributed by atoms with van der Waals surface area (Å²) in [6.45, 7) is 0.266. The molecule has 1 heterocycles. The van der Waals surface area contributed by atoms with E-state index in [1.165, 1.54) is 28.6 Å². The van der Waals surface area contributed by atoms with Crippen molar-refractivity contribution in [2.75, 3.05) is 24.0 Å². The van der Waals surface area contributed by atoms with Crippen molar-refractivity contribution < 1.29 is 22.7 Å². The zero-order chi connectivity index (χ0) is 23.4. The van der Waals surface area contributed by atoms with Crippen molar-refractivity contribution in [1.82, 2.24) is 5.32 Å². The van der Waals surface area contributed by atoms with E-state index < -0.39 is 22.0 Å². The molecule has 4 rings (SSSR count). The molecule has 0 bridgehead atoms. The van der Waals surface area contributed by atoms with E-state index in [-0.39, 0.29) is 24.6 Å². The molecule has 0 spiro atoms. The van der Waals surface area contributed by atoms with Gasteiger partial charge in [0.15, 0.2) is 6.10 Å². The number of hydrogen-bond acceptors (Lipinski definition) is 5. The Labute approximate surface area is 201 Å². The number of sulfonamides is 1. The largest absolute Gasteiger partial charge is 0.492 e. The normalized spacial score (nSPS) is 15.3. The molecule has 1 aliphatic rings. The summed E-state index contributed by atoms with van der Waals surface area (Å²) < 4.78 is 39.2. The number of nitrogens with one attached hydrogen (secondary N) is 1. The van der Waals surface area contributed by atoms with Gasteiger partial charge in [0.05, 0.1) is 23.7 Å². The zero-order valence-corrected chi connectivity index (χ0v) is 19.6. The summed E-state index contributed by atoms with van der Waals surface area (Å²) in [5.41, 5.74) is 0.363. The third-order valence-electron chi connectivity index (χ3n) is 4.91. The molecule has 0 radical (unpaired) electrons. The number of fused-ring (bicyclic) bond motifs is 1. The van der Waals surface area contributed by atoms with Gasteiger partial charge >= 0.3 is 0 Å². The highest BCUT2D eigenvalue weighted by molar-refractivity contribution is 7.92. The highest BCUT2D eigenvalue weighted by Gasteiger charge is 2.37. The fraction of sp³-hybridized carbons (Fsp3) is 0.174. The van der Waals surface area contributed by atoms with Gasteiger partial charge < -0.3 is 14.8 Å². The van der Waals surface area contributed by atoms with Crippen LogP contribution in [0.4, 0.5) is 5.69 Å². The summed E-state index contributed by atoms with van der Waals surface area (Å²) >= 11 is 11.7. The number of para-hydroxylation sites is 2. The summed E-state index contributed by atoms with van der Waals surface area (Å²) in [7, 11) is -3.94. The molecule has 0 aromatic heterocycles. The van der Waals surface area contributed by atoms with Crippen LogP contribution in [0.1, 0.15) is 0 Å². The van der Waals surface area contributed by atoms with E-state index in [0.29, 0.717) is 27.2 Å². The molecule has 172 valence electrons. The van der Waals surface area contributed by atoms with Gasteiger partial charge in [-0.1, -0.05) is 35.3 Å². The minimum Gasteiger partial charge on any atom is -0.492 e. The predicted octanol–water partition coefficient (Wildman–Crippen LogP) is 4.14. The zero-order valence-electron chi connectivity index (χ0n) is 17.3. The minimum absolute atomic E-state index is 0.0686. The lowest BCUT2D eigenvalue weighted by molar-refractivity contribution is -0.127. The van der Waals surface area contributed by atoms with Crippen molar-refractivity contribution >= 4 is 44.8 Å². The van der Waals surface area contributed by atoms with Crippen molar-refractivity contribution in [3.05, 3.63) is 82.8 Å². The molecule has 10 heteroatoms. The Morgan fingerprint density at radius 3 is 2.33 bits per heavy atom. The molecule has 1 amide bonds. The van der Waals surface area contributed by atoms with Gasteiger partial charge in [0.25, 0.3) is 15.9 Å². The maximum atomic E-state index is 13.3. The minimum atomic E-state index is -3.94. The number of carbonyl (C=O) groups excluding carboxylic acids is 1. The van der Waals surface area contributed by atoms with E-state index in [1.54, 1.807) is 48.5 Å². The van der Waals surface area contributed by atoms with Crippen LogP contribution in [-0.4, -0.2) is 40.1 Å². The monoisotopic (exact) mass is 506 g/mol. The van der Waals surface area contributed by atoms with Gasteiger partial charge in [0.1, 0.15) is 18.1 Å². The van der Waals surface area contributed by atoms with Gasteiger partial charge in [0.2, 0.25) is 0 Å². The van der Waals surface area contributed by atoms with Crippen LogP contribution >= 0.6 is 23.2 Å². The molecule has 0 fully saturated rings. The van der Waals surface area contributed by atoms with Crippen molar-refractivity contribution in [2.45, 2.75) is 11.0 Å². The van der Waals surface area contributed by atoms with Gasteiger partial charge in [-0.25, -0.2) is 8.42 Å². The molecule has 1 aliphatic heterocycles. The van der Waals surface area contributed by atoms with Crippen LogP contribution < -0.4 is 19.1 Å². The lowest BCUT2D eigenvalue weighted by atomic mass is 10.2. The summed E-state index contributed by atoms with van der Waals surface area (Å²) in [6, 6.07) is 19.4. The van der Waals surface area contributed by atoms with E-state index in [9.17, 15) is 13.2 Å². The molecule has 3 aromatic carbocycles. The number of rotatable bonds is 7. The van der Waals surface area contributed by atoms with Crippen LogP contribution in [0, 0.1) is 0 Å². The van der Waals surface area contributed by atoms with Crippen LogP contribution in [0.3, 0.4) is 0 Å². The first-order valence-electron chi connectivity index (χ1n) is 10.0. The van der Waals surface area contributed by atoms with Gasteiger partial charge in [-0.2, -0.15) is 0 Å². The highest BCUT2D eigenvalue weighted by atomic mass is 35.5. The van der Waals surface area contributed by atoms with Gasteiger partial charge in [0, 0.05) is 10.0 Å². The fourth-order valence-electron chi connectivity index (χ4n) is 3.29. The molecule has 0 saturated carbocycles. The second-order valence-electron chi connectivity index (χ2n) is 7.16. The van der Waals surface area contributed by atoms with E-state index in [0.717, 1.165) is 0 Å². The smallest absolute Gasteiger partial charge is 0.264 e. The number of ether oxygens (including phenoxy) is 2. The van der Waals surface area contributed by atoms with Crippen molar-refractivity contribution in [1.29, 1.82) is 0 Å². The SMILES string of the molecule is O=C(NCCOc1ccc(Cl)cc1)[C@@H]1CN(S(=O)(=O)c2ccc(Cl)cc2)c2ccccc2O1. The first kappa shape index (κ1) is 23.2. The standard InChI is InChI=1S/C23H20Cl2N2O5S/c24-16-5-9-18(10-6-16)31-14-13-26-23(28)22-15-27(20-3-1-2-4-21(20)32-22)33(29,30)19-11-7-17(25)8-12-19/h1-12,22H,13-15H2,(H,26,28)/t22-/m0/s1. The predicted molar refractivity (Wildman–Crippen MR) is 127 cm³/mol. The topological polar surface area (TPSA) is 84.9 Å². The van der Waals surface area contributed by atoms with Crippen LogP contribution in [0.5, 0.6) is 11.5 Å². The summed E-state index contributed by atoms with van der Waals surface area (Å²) in [5.74, 6) is 0.482. The van der Waals surface area contributed by atoms with Crippen molar-refractivity contribution in [3.8, 4) is 11.5 Å². The molecule has 1 atom stereocenters. The molecule has 0 aliphatic carbocycles. The maximum absolute atomic E-state index is 13.3. The molecular weight excluding hydrogens is 487 g/mol. The second-order valence-corrected chi connectivity index (χ2v) is 9.89. The first-order chi connectivity index (χ1) is 15.8. The Morgan fingerprint density at radius 2 is 1.64 bits per heavy atom. The maximum Gasteiger partial charge on any atom is 0.264 e. The van der Waals surface area contributed by atoms with Crippen LogP contribution in [0.15, 0.2) is 77.7 Å². The lowest BCUT2D eigenvalue weighted by Gasteiger charge is -2.34. The van der Waals surface area contributed by atoms with Crippen LogP contribution in [0.2, 0.25) is 10.0 Å². The van der Waals surface area contributed by atoms with Crippen LogP contribution in [0.25, 0.3) is 0 Å². The Hall–Kier alpha value is -2.94.